The van der Waals surface area contributed by atoms with E-state index in [4.69, 9.17) is 0 Å². The van der Waals surface area contributed by atoms with Gasteiger partial charge in [0.05, 0.1) is 16.5 Å². The molecule has 0 unspecified atom stereocenters. The molecule has 0 amide bonds. The van der Waals surface area contributed by atoms with Gasteiger partial charge in [0, 0.05) is 27.9 Å². The van der Waals surface area contributed by atoms with Gasteiger partial charge < -0.3 is 4.90 Å². The summed E-state index contributed by atoms with van der Waals surface area (Å²) < 4.78 is 0. The highest BCUT2D eigenvalue weighted by Crippen LogP contribution is 2.71. The Morgan fingerprint density at radius 2 is 0.639 bits per heavy atom. The Labute approximate surface area is 421 Å². The molecule has 5 aliphatic carbocycles. The molecule has 0 radical (unpaired) electrons. The van der Waals surface area contributed by atoms with Crippen LogP contribution in [0.4, 0.5) is 17.1 Å². The summed E-state index contributed by atoms with van der Waals surface area (Å²) in [5.74, 6) is 0. The van der Waals surface area contributed by atoms with Crippen LogP contribution in [0.15, 0.2) is 249 Å². The number of rotatable bonds is 4. The number of anilines is 3. The molecule has 72 heavy (non-hydrogen) atoms. The Balaban J connectivity index is 1.12. The zero-order chi connectivity index (χ0) is 47.5. The minimum atomic E-state index is -0.635. The molecule has 336 valence electrons. The lowest BCUT2D eigenvalue weighted by Crippen LogP contribution is -2.29. The largest absolute Gasteiger partial charge is 0.309 e. The van der Waals surface area contributed by atoms with E-state index >= 15 is 0 Å². The summed E-state index contributed by atoms with van der Waals surface area (Å²) in [5.41, 5.74) is 30.9. The van der Waals surface area contributed by atoms with Crippen LogP contribution in [-0.2, 0) is 16.2 Å². The molecule has 0 heterocycles. The first kappa shape index (κ1) is 40.0. The fourth-order valence-corrected chi connectivity index (χ4v) is 14.7. The van der Waals surface area contributed by atoms with Crippen molar-refractivity contribution in [2.75, 3.05) is 4.90 Å². The van der Waals surface area contributed by atoms with Crippen LogP contribution in [0.2, 0.25) is 0 Å². The molecule has 0 atom stereocenters. The fourth-order valence-electron chi connectivity index (χ4n) is 14.7. The van der Waals surface area contributed by atoms with Crippen LogP contribution in [-0.4, -0.2) is 0 Å². The van der Waals surface area contributed by atoms with Gasteiger partial charge in [0.1, 0.15) is 0 Å². The third-order valence-electron chi connectivity index (χ3n) is 17.5. The van der Waals surface area contributed by atoms with E-state index in [0.29, 0.717) is 0 Å². The Bertz CT molecular complexity index is 4040. The maximum Gasteiger partial charge on any atom is 0.0726 e. The molecule has 0 bridgehead atoms. The summed E-state index contributed by atoms with van der Waals surface area (Å²) in [4.78, 5) is 2.65. The highest BCUT2D eigenvalue weighted by Gasteiger charge is 2.58. The molecule has 2 spiro atoms. The van der Waals surface area contributed by atoms with Crippen LogP contribution < -0.4 is 4.90 Å². The van der Waals surface area contributed by atoms with E-state index in [1.54, 1.807) is 0 Å². The van der Waals surface area contributed by atoms with Crippen molar-refractivity contribution in [3.63, 3.8) is 0 Å². The summed E-state index contributed by atoms with van der Waals surface area (Å²) in [7, 11) is 0. The molecule has 1 heteroatoms. The van der Waals surface area contributed by atoms with Gasteiger partial charge in [-0.1, -0.05) is 232 Å². The van der Waals surface area contributed by atoms with E-state index in [0.717, 1.165) is 11.4 Å². The van der Waals surface area contributed by atoms with Crippen LogP contribution in [0, 0.1) is 0 Å². The van der Waals surface area contributed by atoms with Crippen LogP contribution >= 0.6 is 0 Å². The van der Waals surface area contributed by atoms with Crippen molar-refractivity contribution in [1.82, 2.24) is 0 Å². The Hall–Kier alpha value is -8.78. The smallest absolute Gasteiger partial charge is 0.0726 e. The number of fused-ring (bicyclic) bond motifs is 23. The molecular weight excluding hydrogens is 867 g/mol. The molecule has 11 aromatic carbocycles. The molecule has 0 saturated heterocycles. The average Bonchev–Trinajstić information content (AvgIpc) is 4.17. The van der Waals surface area contributed by atoms with Gasteiger partial charge in [-0.3, -0.25) is 0 Å². The minimum Gasteiger partial charge on any atom is -0.309 e. The molecule has 0 fully saturated rings. The molecule has 1 nitrogen and oxygen atoms in total. The van der Waals surface area contributed by atoms with E-state index in [1.165, 1.54) is 128 Å². The van der Waals surface area contributed by atoms with Crippen molar-refractivity contribution in [2.45, 2.75) is 30.1 Å². The number of benzene rings is 11. The van der Waals surface area contributed by atoms with Gasteiger partial charge in [0.15, 0.2) is 0 Å². The number of para-hydroxylation sites is 1. The maximum absolute atomic E-state index is 2.71. The van der Waals surface area contributed by atoms with Gasteiger partial charge in [0.25, 0.3) is 0 Å². The van der Waals surface area contributed by atoms with Gasteiger partial charge in [-0.05, 0) is 142 Å². The van der Waals surface area contributed by atoms with Crippen molar-refractivity contribution in [3.05, 3.63) is 304 Å². The van der Waals surface area contributed by atoms with E-state index in [-0.39, 0.29) is 5.41 Å². The predicted octanol–water partition coefficient (Wildman–Crippen LogP) is 17.8. The molecule has 0 aromatic heterocycles. The third-order valence-corrected chi connectivity index (χ3v) is 17.5. The second-order valence-corrected chi connectivity index (χ2v) is 21.0. The summed E-state index contributed by atoms with van der Waals surface area (Å²) >= 11 is 0. The van der Waals surface area contributed by atoms with Crippen LogP contribution in [0.25, 0.3) is 66.8 Å². The fraction of sp³-hybridized carbons (Fsp3) is 0.0704. The van der Waals surface area contributed by atoms with E-state index < -0.39 is 10.8 Å². The van der Waals surface area contributed by atoms with Gasteiger partial charge >= 0.3 is 0 Å². The van der Waals surface area contributed by atoms with Crippen molar-refractivity contribution in [1.29, 1.82) is 0 Å². The van der Waals surface area contributed by atoms with Crippen LogP contribution in [0.3, 0.4) is 0 Å². The topological polar surface area (TPSA) is 3.24 Å². The molecule has 0 aliphatic heterocycles. The van der Waals surface area contributed by atoms with Gasteiger partial charge in [-0.25, -0.2) is 0 Å². The summed E-state index contributed by atoms with van der Waals surface area (Å²) in [6.45, 7) is 4.81. The van der Waals surface area contributed by atoms with E-state index in [2.05, 4.69) is 267 Å². The second-order valence-electron chi connectivity index (χ2n) is 21.0. The number of nitrogens with zero attached hydrogens (tertiary/aromatic N) is 1. The lowest BCUT2D eigenvalue weighted by atomic mass is 9.67. The Kier molecular flexibility index (Phi) is 7.88. The Morgan fingerprint density at radius 1 is 0.250 bits per heavy atom. The molecular formula is C71H47N. The van der Waals surface area contributed by atoms with Crippen molar-refractivity contribution >= 4 is 17.1 Å². The number of hydrogen-bond donors (Lipinski definition) is 0. The summed E-state index contributed by atoms with van der Waals surface area (Å²) in [5, 5.41) is 0. The van der Waals surface area contributed by atoms with Gasteiger partial charge in [-0.2, -0.15) is 0 Å². The monoisotopic (exact) mass is 913 g/mol. The number of hydrogen-bond acceptors (Lipinski definition) is 1. The van der Waals surface area contributed by atoms with Crippen LogP contribution in [0.1, 0.15) is 69.5 Å². The van der Waals surface area contributed by atoms with Gasteiger partial charge in [-0.15, -0.1) is 0 Å². The average molecular weight is 914 g/mol. The lowest BCUT2D eigenvalue weighted by molar-refractivity contribution is 0.660. The molecule has 0 N–H and O–H groups in total. The van der Waals surface area contributed by atoms with Crippen LogP contribution in [0.5, 0.6) is 0 Å². The first-order valence-corrected chi connectivity index (χ1v) is 25.5. The molecule has 16 rings (SSSR count). The van der Waals surface area contributed by atoms with Crippen molar-refractivity contribution in [3.8, 4) is 66.8 Å². The van der Waals surface area contributed by atoms with E-state index in [9.17, 15) is 0 Å². The SMILES string of the molecule is CC1(C)c2ccccc2-c2ccc(N(c3ccccc3)c3c4c(cc5c3-c3ccc(-c6ccccc6)cc3C53c5ccccc5-c5ccccc53)C3(c5ccccc5-c5ccccc53)c3ccccc3-4)cc21. The quantitative estimate of drug-likeness (QED) is 0.170. The minimum absolute atomic E-state index is 0.194. The normalized spacial score (nSPS) is 15.1. The summed E-state index contributed by atoms with van der Waals surface area (Å²) in [6.07, 6.45) is 0. The third kappa shape index (κ3) is 4.79. The lowest BCUT2D eigenvalue weighted by Gasteiger charge is -2.36. The van der Waals surface area contributed by atoms with Crippen molar-refractivity contribution in [2.24, 2.45) is 0 Å². The highest BCUT2D eigenvalue weighted by molar-refractivity contribution is 6.11. The first-order chi connectivity index (χ1) is 35.5. The standard InChI is InChI=1S/C71H47N/c1-69(2)56-31-15-9-25-48(56)53-40-38-47(42-62(53)69)72(46-23-7-4-8-24-46)68-66-54-30-14-20-36-61(54)70(57-32-16-10-26-49(57)50-27-11-17-33-58(50)70)64(66)43-65-67(68)55-39-37-45(44-21-5-3-6-22-44)41-63(55)71(65)59-34-18-12-28-51(59)52-29-13-19-35-60(52)71/h3-43H,1-2H3. The second kappa shape index (κ2) is 14.2. The molecule has 5 aliphatic rings. The Morgan fingerprint density at radius 3 is 1.18 bits per heavy atom. The maximum atomic E-state index is 2.71. The van der Waals surface area contributed by atoms with E-state index in [1.807, 2.05) is 0 Å². The summed E-state index contributed by atoms with van der Waals surface area (Å²) in [6, 6.07) is 95.0. The highest BCUT2D eigenvalue weighted by atomic mass is 15.2. The van der Waals surface area contributed by atoms with Crippen molar-refractivity contribution < 1.29 is 0 Å². The zero-order valence-corrected chi connectivity index (χ0v) is 40.1. The molecule has 0 saturated carbocycles. The van der Waals surface area contributed by atoms with Gasteiger partial charge in [0.2, 0.25) is 0 Å². The predicted molar refractivity (Wildman–Crippen MR) is 297 cm³/mol. The zero-order valence-electron chi connectivity index (χ0n) is 40.1. The molecule has 11 aromatic rings. The first-order valence-electron chi connectivity index (χ1n) is 25.5.